The van der Waals surface area contributed by atoms with Crippen LogP contribution in [-0.4, -0.2) is 11.9 Å². The largest absolute Gasteiger partial charge is 0.320 e. The molecule has 0 aliphatic heterocycles. The van der Waals surface area contributed by atoms with Crippen molar-refractivity contribution in [1.82, 2.24) is 5.48 Å². The molecule has 0 unspecified atom stereocenters. The minimum Gasteiger partial charge on any atom is -0.320 e. The first-order chi connectivity index (χ1) is 11.7. The number of carbonyl (C=O) groups excluding carboxylic acids is 1. The van der Waals surface area contributed by atoms with Crippen molar-refractivity contribution in [2.24, 2.45) is 5.73 Å². The standard InChI is InChI=1S/C20H20N2O2/c21-19(20(23)22-24-14-15-6-2-1-3-7-15)13-16-10-11-17-8-4-5-9-18(17)12-16/h1-12,19H,13-14,21H2,(H,22,23)/t19-/m0/s1. The second-order valence-corrected chi connectivity index (χ2v) is 5.73. The fourth-order valence-corrected chi connectivity index (χ4v) is 2.55. The number of carbonyl (C=O) groups is 1. The molecule has 3 rings (SSSR count). The average Bonchev–Trinajstić information content (AvgIpc) is 2.62. The number of nitrogens with one attached hydrogen (secondary N) is 1. The molecule has 3 aromatic carbocycles. The fraction of sp³-hybridized carbons (Fsp3) is 0.150. The molecule has 0 aliphatic carbocycles. The molecule has 0 spiro atoms. The molecule has 0 saturated heterocycles. The van der Waals surface area contributed by atoms with Gasteiger partial charge in [0.25, 0.3) is 5.91 Å². The number of nitrogens with two attached hydrogens (primary N) is 1. The van der Waals surface area contributed by atoms with Crippen LogP contribution in [0.25, 0.3) is 10.8 Å². The highest BCUT2D eigenvalue weighted by atomic mass is 16.6. The number of fused-ring (bicyclic) bond motifs is 1. The Balaban J connectivity index is 1.53. The van der Waals surface area contributed by atoms with Gasteiger partial charge < -0.3 is 5.73 Å². The fourth-order valence-electron chi connectivity index (χ4n) is 2.55. The summed E-state index contributed by atoms with van der Waals surface area (Å²) < 4.78 is 0. The summed E-state index contributed by atoms with van der Waals surface area (Å²) in [4.78, 5) is 17.3. The Kier molecular flexibility index (Phi) is 5.21. The Morgan fingerprint density at radius 1 is 0.917 bits per heavy atom. The molecule has 0 radical (unpaired) electrons. The maximum Gasteiger partial charge on any atom is 0.260 e. The number of hydroxylamine groups is 1. The first-order valence-electron chi connectivity index (χ1n) is 7.91. The number of amides is 1. The van der Waals surface area contributed by atoms with Crippen LogP contribution in [0.3, 0.4) is 0 Å². The summed E-state index contributed by atoms with van der Waals surface area (Å²) in [7, 11) is 0. The van der Waals surface area contributed by atoms with Crippen molar-refractivity contribution in [1.29, 1.82) is 0 Å². The molecule has 0 aromatic heterocycles. The highest BCUT2D eigenvalue weighted by Crippen LogP contribution is 2.16. The van der Waals surface area contributed by atoms with Gasteiger partial charge in [0.1, 0.15) is 0 Å². The van der Waals surface area contributed by atoms with E-state index in [0.717, 1.165) is 16.5 Å². The number of rotatable bonds is 6. The third-order valence-electron chi connectivity index (χ3n) is 3.86. The van der Waals surface area contributed by atoms with Crippen LogP contribution in [0.4, 0.5) is 0 Å². The van der Waals surface area contributed by atoms with E-state index in [0.29, 0.717) is 13.0 Å². The van der Waals surface area contributed by atoms with Crippen molar-refractivity contribution in [3.05, 3.63) is 83.9 Å². The van der Waals surface area contributed by atoms with Crippen molar-refractivity contribution in [3.8, 4) is 0 Å². The molecule has 3 N–H and O–H groups in total. The van der Waals surface area contributed by atoms with Crippen LogP contribution in [0.2, 0.25) is 0 Å². The van der Waals surface area contributed by atoms with Crippen molar-refractivity contribution < 1.29 is 9.63 Å². The zero-order chi connectivity index (χ0) is 16.8. The van der Waals surface area contributed by atoms with Crippen molar-refractivity contribution in [2.75, 3.05) is 0 Å². The Hall–Kier alpha value is -2.69. The van der Waals surface area contributed by atoms with Crippen LogP contribution in [0, 0.1) is 0 Å². The summed E-state index contributed by atoms with van der Waals surface area (Å²) in [6.45, 7) is 0.315. The minimum absolute atomic E-state index is 0.315. The quantitative estimate of drug-likeness (QED) is 0.686. The highest BCUT2D eigenvalue weighted by molar-refractivity contribution is 5.84. The van der Waals surface area contributed by atoms with Crippen molar-refractivity contribution >= 4 is 16.7 Å². The summed E-state index contributed by atoms with van der Waals surface area (Å²) in [5.74, 6) is -0.320. The van der Waals surface area contributed by atoms with Crippen LogP contribution in [-0.2, 0) is 22.7 Å². The minimum atomic E-state index is -0.651. The molecule has 0 aliphatic rings. The van der Waals surface area contributed by atoms with Gasteiger partial charge >= 0.3 is 0 Å². The zero-order valence-electron chi connectivity index (χ0n) is 13.3. The molecule has 1 atom stereocenters. The number of hydrogen-bond acceptors (Lipinski definition) is 3. The first kappa shape index (κ1) is 16.2. The summed E-state index contributed by atoms with van der Waals surface area (Å²) >= 11 is 0. The lowest BCUT2D eigenvalue weighted by atomic mass is 10.0. The lowest BCUT2D eigenvalue weighted by Gasteiger charge is -2.13. The molecule has 122 valence electrons. The third-order valence-corrected chi connectivity index (χ3v) is 3.86. The Bertz CT molecular complexity index is 818. The van der Waals surface area contributed by atoms with Crippen LogP contribution >= 0.6 is 0 Å². The molecule has 4 nitrogen and oxygen atoms in total. The van der Waals surface area contributed by atoms with Gasteiger partial charge in [0, 0.05) is 0 Å². The third kappa shape index (κ3) is 4.19. The van der Waals surface area contributed by atoms with Crippen LogP contribution in [0.15, 0.2) is 72.8 Å². The lowest BCUT2D eigenvalue weighted by Crippen LogP contribution is -2.41. The van der Waals surface area contributed by atoms with E-state index >= 15 is 0 Å². The summed E-state index contributed by atoms with van der Waals surface area (Å²) in [5.41, 5.74) is 10.4. The van der Waals surface area contributed by atoms with Gasteiger partial charge in [-0.05, 0) is 28.3 Å². The predicted octanol–water partition coefficient (Wildman–Crippen LogP) is 2.96. The van der Waals surface area contributed by atoms with Gasteiger partial charge in [-0.2, -0.15) is 0 Å². The van der Waals surface area contributed by atoms with Gasteiger partial charge in [-0.1, -0.05) is 72.8 Å². The lowest BCUT2D eigenvalue weighted by molar-refractivity contribution is -0.135. The maximum absolute atomic E-state index is 12.0. The summed E-state index contributed by atoms with van der Waals surface area (Å²) in [6, 6.07) is 23.2. The van der Waals surface area contributed by atoms with Gasteiger partial charge in [0.15, 0.2) is 0 Å². The zero-order valence-corrected chi connectivity index (χ0v) is 13.3. The second kappa shape index (κ2) is 7.73. The van der Waals surface area contributed by atoms with Gasteiger partial charge in [-0.15, -0.1) is 0 Å². The predicted molar refractivity (Wildman–Crippen MR) is 95.0 cm³/mol. The van der Waals surface area contributed by atoms with Gasteiger partial charge in [0.2, 0.25) is 0 Å². The molecule has 1 amide bonds. The molecule has 0 heterocycles. The van der Waals surface area contributed by atoms with Gasteiger partial charge in [-0.3, -0.25) is 9.63 Å². The Labute approximate surface area is 141 Å². The van der Waals surface area contributed by atoms with E-state index < -0.39 is 6.04 Å². The molecule has 24 heavy (non-hydrogen) atoms. The molecule has 0 saturated carbocycles. The van der Waals surface area contributed by atoms with Crippen molar-refractivity contribution in [3.63, 3.8) is 0 Å². The van der Waals surface area contributed by atoms with E-state index in [1.54, 1.807) is 0 Å². The average molecular weight is 320 g/mol. The monoisotopic (exact) mass is 320 g/mol. The molecule has 4 heteroatoms. The second-order valence-electron chi connectivity index (χ2n) is 5.73. The van der Waals surface area contributed by atoms with E-state index in [-0.39, 0.29) is 5.91 Å². The topological polar surface area (TPSA) is 64.4 Å². The van der Waals surface area contributed by atoms with Crippen molar-refractivity contribution in [2.45, 2.75) is 19.1 Å². The Morgan fingerprint density at radius 3 is 2.42 bits per heavy atom. The highest BCUT2D eigenvalue weighted by Gasteiger charge is 2.14. The number of benzene rings is 3. The molecule has 0 bridgehead atoms. The van der Waals surface area contributed by atoms with Gasteiger partial charge in [-0.25, -0.2) is 5.48 Å². The van der Waals surface area contributed by atoms with Crippen LogP contribution < -0.4 is 11.2 Å². The van der Waals surface area contributed by atoms with E-state index in [2.05, 4.69) is 17.6 Å². The van der Waals surface area contributed by atoms with Gasteiger partial charge in [0.05, 0.1) is 12.6 Å². The number of hydrogen-bond donors (Lipinski definition) is 2. The van der Waals surface area contributed by atoms with Crippen LogP contribution in [0.5, 0.6) is 0 Å². The Morgan fingerprint density at radius 2 is 1.62 bits per heavy atom. The normalized spacial score (nSPS) is 12.0. The van der Waals surface area contributed by atoms with E-state index in [4.69, 9.17) is 10.6 Å². The summed E-state index contributed by atoms with van der Waals surface area (Å²) in [6.07, 6.45) is 0.464. The molecule has 3 aromatic rings. The first-order valence-corrected chi connectivity index (χ1v) is 7.91. The SMILES string of the molecule is N[C@@H](Cc1ccc2ccccc2c1)C(=O)NOCc1ccccc1. The maximum atomic E-state index is 12.0. The van der Waals surface area contributed by atoms with E-state index in [1.807, 2.05) is 60.7 Å². The summed E-state index contributed by atoms with van der Waals surface area (Å²) in [5, 5.41) is 2.31. The molecular formula is C20H20N2O2. The molecular weight excluding hydrogens is 300 g/mol. The van der Waals surface area contributed by atoms with E-state index in [1.165, 1.54) is 5.39 Å². The van der Waals surface area contributed by atoms with E-state index in [9.17, 15) is 4.79 Å². The molecule has 0 fully saturated rings. The smallest absolute Gasteiger partial charge is 0.260 e. The van der Waals surface area contributed by atoms with Crippen LogP contribution in [0.1, 0.15) is 11.1 Å².